The van der Waals surface area contributed by atoms with Crippen molar-refractivity contribution in [3.63, 3.8) is 0 Å². The lowest BCUT2D eigenvalue weighted by atomic mass is 10.2. The minimum Gasteiger partial charge on any atom is -0.508 e. The van der Waals surface area contributed by atoms with Crippen molar-refractivity contribution in [2.24, 2.45) is 0 Å². The molecule has 4 heteroatoms. The van der Waals surface area contributed by atoms with Gasteiger partial charge in [-0.2, -0.15) is 0 Å². The Labute approximate surface area is 94.8 Å². The molecule has 1 fully saturated rings. The Kier molecular flexibility index (Phi) is 2.22. The fraction of sp³-hybridized carbons (Fsp3) is 0.200. The topological polar surface area (TPSA) is 20.2 Å². The molecule has 1 aromatic carbocycles. The van der Waals surface area contributed by atoms with Crippen molar-refractivity contribution in [1.82, 2.24) is 0 Å². The second-order valence-corrected chi connectivity index (χ2v) is 7.23. The summed E-state index contributed by atoms with van der Waals surface area (Å²) in [5, 5.41) is 9.91. The van der Waals surface area contributed by atoms with E-state index < -0.39 is 0 Å². The van der Waals surface area contributed by atoms with Crippen LogP contribution in [0.5, 0.6) is 5.75 Å². The minimum atomic E-state index is 0.335. The van der Waals surface area contributed by atoms with Crippen LogP contribution in [0, 0.1) is 0 Å². The molecule has 0 amide bonds. The van der Waals surface area contributed by atoms with Crippen molar-refractivity contribution < 1.29 is 5.11 Å². The summed E-state index contributed by atoms with van der Waals surface area (Å²) in [7, 11) is 3.80. The molecule has 2 atom stereocenters. The highest BCUT2D eigenvalue weighted by Crippen LogP contribution is 2.61. The third kappa shape index (κ3) is 1.66. The number of fused-ring (bicyclic) bond motifs is 1. The van der Waals surface area contributed by atoms with E-state index in [0.717, 1.165) is 9.83 Å². The lowest BCUT2D eigenvalue weighted by Gasteiger charge is -2.09. The molecule has 3 rings (SSSR count). The van der Waals surface area contributed by atoms with Crippen molar-refractivity contribution in [3.05, 3.63) is 35.9 Å². The van der Waals surface area contributed by atoms with Crippen LogP contribution in [0.15, 0.2) is 30.3 Å². The van der Waals surface area contributed by atoms with Gasteiger partial charge in [-0.3, -0.25) is 0 Å². The first-order chi connectivity index (χ1) is 6.83. The molecule has 0 aromatic heterocycles. The summed E-state index contributed by atoms with van der Waals surface area (Å²) in [6, 6.07) is 7.44. The first kappa shape index (κ1) is 9.07. The smallest absolute Gasteiger partial charge is 0.115 e. The Hall–Kier alpha value is -0.190. The molecule has 1 nitrogen and oxygen atoms in total. The predicted molar refractivity (Wildman–Crippen MR) is 66.4 cm³/mol. The third-order valence-corrected chi connectivity index (χ3v) is 6.89. The second kappa shape index (κ2) is 3.43. The van der Waals surface area contributed by atoms with Gasteiger partial charge >= 0.3 is 0 Å². The summed E-state index contributed by atoms with van der Waals surface area (Å²) in [5.41, 5.74) is 1.21. The van der Waals surface area contributed by atoms with Crippen LogP contribution < -0.4 is 0 Å². The molecule has 0 aliphatic carbocycles. The van der Waals surface area contributed by atoms with Crippen LogP contribution in [0.4, 0.5) is 0 Å². The lowest BCUT2D eigenvalue weighted by Crippen LogP contribution is -1.90. The van der Waals surface area contributed by atoms with Crippen LogP contribution >= 0.6 is 33.3 Å². The van der Waals surface area contributed by atoms with Gasteiger partial charge in [0, 0.05) is 10.2 Å². The normalized spacial score (nSPS) is 29.3. The molecular formula is C10H8OS3. The van der Waals surface area contributed by atoms with Gasteiger partial charge in [0.05, 0.1) is 4.58 Å². The number of aromatic hydroxyl groups is 1. The highest BCUT2D eigenvalue weighted by atomic mass is 33.1. The van der Waals surface area contributed by atoms with Gasteiger partial charge in [0.2, 0.25) is 0 Å². The van der Waals surface area contributed by atoms with Gasteiger partial charge in [-0.05, 0) is 17.7 Å². The Morgan fingerprint density at radius 2 is 1.93 bits per heavy atom. The maximum atomic E-state index is 9.18. The molecule has 72 valence electrons. The molecule has 2 aliphatic heterocycles. The van der Waals surface area contributed by atoms with Crippen molar-refractivity contribution in [2.75, 3.05) is 0 Å². The molecule has 1 saturated heterocycles. The summed E-state index contributed by atoms with van der Waals surface area (Å²) in [4.78, 5) is 1.33. The molecule has 0 saturated carbocycles. The first-order valence-corrected chi connectivity index (χ1v) is 7.48. The van der Waals surface area contributed by atoms with Crippen LogP contribution in [-0.4, -0.2) is 14.9 Å². The van der Waals surface area contributed by atoms with Crippen LogP contribution in [0.1, 0.15) is 5.56 Å². The molecule has 0 spiro atoms. The van der Waals surface area contributed by atoms with Gasteiger partial charge in [-0.15, -0.1) is 11.8 Å². The van der Waals surface area contributed by atoms with E-state index in [1.807, 2.05) is 45.5 Å². The zero-order chi connectivity index (χ0) is 9.54. The third-order valence-electron chi connectivity index (χ3n) is 2.18. The quantitative estimate of drug-likeness (QED) is 0.598. The highest BCUT2D eigenvalue weighted by molar-refractivity contribution is 8.82. The Morgan fingerprint density at radius 1 is 1.14 bits per heavy atom. The maximum absolute atomic E-state index is 9.18. The lowest BCUT2D eigenvalue weighted by molar-refractivity contribution is 0.475. The Balaban J connectivity index is 1.91. The summed E-state index contributed by atoms with van der Waals surface area (Å²) in [6.07, 6.45) is 2.34. The van der Waals surface area contributed by atoms with E-state index in [-0.39, 0.29) is 0 Å². The fourth-order valence-corrected chi connectivity index (χ4v) is 5.89. The van der Waals surface area contributed by atoms with Crippen LogP contribution in [0.3, 0.4) is 0 Å². The van der Waals surface area contributed by atoms with Crippen molar-refractivity contribution >= 4 is 38.3 Å². The molecule has 0 bridgehead atoms. The van der Waals surface area contributed by atoms with Gasteiger partial charge < -0.3 is 5.11 Å². The fourth-order valence-electron chi connectivity index (χ4n) is 1.35. The average Bonchev–Trinajstić information content (AvgIpc) is 2.96. The number of thioether (sulfide) groups is 1. The van der Waals surface area contributed by atoms with Gasteiger partial charge in [0.1, 0.15) is 5.75 Å². The molecule has 14 heavy (non-hydrogen) atoms. The van der Waals surface area contributed by atoms with E-state index >= 15 is 0 Å². The van der Waals surface area contributed by atoms with E-state index in [4.69, 9.17) is 0 Å². The molecule has 0 radical (unpaired) electrons. The summed E-state index contributed by atoms with van der Waals surface area (Å²) in [6.45, 7) is 0. The number of hydrogen-bond acceptors (Lipinski definition) is 4. The monoisotopic (exact) mass is 240 g/mol. The zero-order valence-electron chi connectivity index (χ0n) is 7.21. The van der Waals surface area contributed by atoms with E-state index in [1.165, 1.54) is 10.5 Å². The van der Waals surface area contributed by atoms with Crippen LogP contribution in [-0.2, 0) is 0 Å². The zero-order valence-corrected chi connectivity index (χ0v) is 9.66. The number of benzene rings is 1. The molecule has 1 N–H and O–H groups in total. The van der Waals surface area contributed by atoms with Crippen molar-refractivity contribution in [1.29, 1.82) is 0 Å². The molecule has 1 aromatic rings. The van der Waals surface area contributed by atoms with E-state index in [2.05, 4.69) is 6.08 Å². The maximum Gasteiger partial charge on any atom is 0.115 e. The van der Waals surface area contributed by atoms with Crippen molar-refractivity contribution in [3.8, 4) is 5.75 Å². The van der Waals surface area contributed by atoms with E-state index in [0.29, 0.717) is 5.75 Å². The highest BCUT2D eigenvalue weighted by Gasteiger charge is 2.41. The second-order valence-electron chi connectivity index (χ2n) is 3.23. The molecule has 2 aliphatic rings. The SMILES string of the molecule is Oc1ccc(C2=CC3SC3SS2)cc1. The van der Waals surface area contributed by atoms with Gasteiger partial charge in [0.25, 0.3) is 0 Å². The Morgan fingerprint density at radius 3 is 2.64 bits per heavy atom. The molecular weight excluding hydrogens is 232 g/mol. The number of phenols is 1. The van der Waals surface area contributed by atoms with Crippen LogP contribution in [0.2, 0.25) is 0 Å². The minimum absolute atomic E-state index is 0.335. The standard InChI is InChI=1S/C10H8OS3/c11-7-3-1-6(2-4-7)8-5-9-10(12-9)14-13-8/h1-5,9-11H. The van der Waals surface area contributed by atoms with Gasteiger partial charge in [0.15, 0.2) is 0 Å². The molecule has 2 unspecified atom stereocenters. The first-order valence-electron chi connectivity index (χ1n) is 4.33. The molecule has 2 heterocycles. The predicted octanol–water partition coefficient (Wildman–Crippen LogP) is 3.57. The van der Waals surface area contributed by atoms with E-state index in [1.54, 1.807) is 12.1 Å². The van der Waals surface area contributed by atoms with Crippen LogP contribution in [0.25, 0.3) is 4.91 Å². The summed E-state index contributed by atoms with van der Waals surface area (Å²) in [5.74, 6) is 0.335. The largest absolute Gasteiger partial charge is 0.508 e. The average molecular weight is 240 g/mol. The number of rotatable bonds is 1. The van der Waals surface area contributed by atoms with E-state index in [9.17, 15) is 5.11 Å². The number of phenolic OH excluding ortho intramolecular Hbond substituents is 1. The van der Waals surface area contributed by atoms with Crippen molar-refractivity contribution in [2.45, 2.75) is 9.83 Å². The van der Waals surface area contributed by atoms with Gasteiger partial charge in [-0.25, -0.2) is 0 Å². The number of hydrogen-bond donors (Lipinski definition) is 1. The summed E-state index contributed by atoms with van der Waals surface area (Å²) < 4.78 is 0.792. The van der Waals surface area contributed by atoms with Gasteiger partial charge in [-0.1, -0.05) is 39.8 Å². The Bertz CT molecular complexity index is 385. The summed E-state index contributed by atoms with van der Waals surface area (Å²) >= 11 is 2.02.